The highest BCUT2D eigenvalue weighted by atomic mass is 32.2. The molecule has 0 aliphatic carbocycles. The van der Waals surface area contributed by atoms with Gasteiger partial charge in [0.1, 0.15) is 0 Å². The van der Waals surface area contributed by atoms with Crippen molar-refractivity contribution in [2.75, 3.05) is 11.4 Å². The maximum Gasteiger partial charge on any atom is 0.264 e. The number of aryl methyl sites for hydroxylation is 2. The number of nitrogens with zero attached hydrogens (tertiary/aromatic N) is 1. The van der Waals surface area contributed by atoms with Crippen LogP contribution in [0.2, 0.25) is 0 Å². The molecule has 0 atom stereocenters. The fourth-order valence-corrected chi connectivity index (χ4v) is 3.14. The fourth-order valence-electron chi connectivity index (χ4n) is 1.95. The summed E-state index contributed by atoms with van der Waals surface area (Å²) >= 11 is 0. The minimum absolute atomic E-state index is 0.310. The van der Waals surface area contributed by atoms with E-state index < -0.39 is 10.0 Å². The minimum atomic E-state index is -3.50. The van der Waals surface area contributed by atoms with Crippen LogP contribution >= 0.6 is 0 Å². The van der Waals surface area contributed by atoms with E-state index >= 15 is 0 Å². The van der Waals surface area contributed by atoms with Crippen LogP contribution in [-0.4, -0.2) is 15.5 Å². The molecular weight excluding hydrogens is 270 g/mol. The van der Waals surface area contributed by atoms with Gasteiger partial charge in [0.05, 0.1) is 10.6 Å². The Labute approximate surface area is 120 Å². The predicted octanol–water partition coefficient (Wildman–Crippen LogP) is 3.38. The normalized spacial score (nSPS) is 11.3. The van der Waals surface area contributed by atoms with E-state index in [0.717, 1.165) is 12.0 Å². The standard InChI is InChI=1S/C16H19NO2S/c1-4-14-7-9-15(10-8-14)17(3)20(18,19)16-11-5-13(2)6-12-16/h5-12H,4H2,1-3H3. The van der Waals surface area contributed by atoms with Crippen molar-refractivity contribution in [2.24, 2.45) is 0 Å². The maximum absolute atomic E-state index is 12.5. The summed E-state index contributed by atoms with van der Waals surface area (Å²) in [5, 5.41) is 0. The third-order valence-electron chi connectivity index (χ3n) is 3.39. The molecule has 20 heavy (non-hydrogen) atoms. The van der Waals surface area contributed by atoms with E-state index in [-0.39, 0.29) is 0 Å². The van der Waals surface area contributed by atoms with Crippen molar-refractivity contribution < 1.29 is 8.42 Å². The van der Waals surface area contributed by atoms with Crippen molar-refractivity contribution in [3.63, 3.8) is 0 Å². The Bertz CT molecular complexity index is 673. The molecular formula is C16H19NO2S. The van der Waals surface area contributed by atoms with Crippen molar-refractivity contribution in [2.45, 2.75) is 25.2 Å². The zero-order chi connectivity index (χ0) is 14.8. The fraction of sp³-hybridized carbons (Fsp3) is 0.250. The molecule has 4 heteroatoms. The van der Waals surface area contributed by atoms with Crippen LogP contribution in [0.5, 0.6) is 0 Å². The van der Waals surface area contributed by atoms with Gasteiger partial charge in [0.25, 0.3) is 10.0 Å². The molecule has 106 valence electrons. The average Bonchev–Trinajstić information content (AvgIpc) is 2.47. The number of rotatable bonds is 4. The molecule has 0 unspecified atom stereocenters. The first-order chi connectivity index (χ1) is 9.45. The largest absolute Gasteiger partial charge is 0.269 e. The quantitative estimate of drug-likeness (QED) is 0.865. The van der Waals surface area contributed by atoms with E-state index in [0.29, 0.717) is 10.6 Å². The first kappa shape index (κ1) is 14.6. The van der Waals surface area contributed by atoms with Crippen LogP contribution in [-0.2, 0) is 16.4 Å². The molecule has 2 aromatic carbocycles. The summed E-state index contributed by atoms with van der Waals surface area (Å²) < 4.78 is 26.4. The van der Waals surface area contributed by atoms with Crippen molar-refractivity contribution >= 4 is 15.7 Å². The smallest absolute Gasteiger partial charge is 0.264 e. The number of benzene rings is 2. The first-order valence-corrected chi connectivity index (χ1v) is 8.03. The van der Waals surface area contributed by atoms with Crippen molar-refractivity contribution in [1.82, 2.24) is 0 Å². The second-order valence-electron chi connectivity index (χ2n) is 4.81. The van der Waals surface area contributed by atoms with Gasteiger partial charge in [-0.1, -0.05) is 36.8 Å². The molecule has 3 nitrogen and oxygen atoms in total. The first-order valence-electron chi connectivity index (χ1n) is 6.59. The van der Waals surface area contributed by atoms with E-state index in [1.807, 2.05) is 31.2 Å². The lowest BCUT2D eigenvalue weighted by atomic mass is 10.1. The van der Waals surface area contributed by atoms with Crippen LogP contribution in [0.25, 0.3) is 0 Å². The van der Waals surface area contributed by atoms with Gasteiger partial charge < -0.3 is 0 Å². The number of hydrogen-bond donors (Lipinski definition) is 0. The second kappa shape index (κ2) is 5.67. The molecule has 2 aromatic rings. The molecule has 0 saturated carbocycles. The monoisotopic (exact) mass is 289 g/mol. The molecule has 2 rings (SSSR count). The SMILES string of the molecule is CCc1ccc(N(C)S(=O)(=O)c2ccc(C)cc2)cc1. The molecule has 0 aliphatic rings. The van der Waals surface area contributed by atoms with E-state index in [2.05, 4.69) is 6.92 Å². The molecule has 0 saturated heterocycles. The molecule has 0 bridgehead atoms. The predicted molar refractivity (Wildman–Crippen MR) is 82.6 cm³/mol. The Morgan fingerprint density at radius 3 is 2.00 bits per heavy atom. The Balaban J connectivity index is 2.35. The van der Waals surface area contributed by atoms with Gasteiger partial charge in [0.2, 0.25) is 0 Å². The van der Waals surface area contributed by atoms with Crippen LogP contribution in [0.4, 0.5) is 5.69 Å². The molecule has 0 fully saturated rings. The number of anilines is 1. The molecule has 0 aromatic heterocycles. The molecule has 0 N–H and O–H groups in total. The Morgan fingerprint density at radius 2 is 1.50 bits per heavy atom. The highest BCUT2D eigenvalue weighted by Crippen LogP contribution is 2.22. The van der Waals surface area contributed by atoms with Gasteiger partial charge in [-0.25, -0.2) is 8.42 Å². The second-order valence-corrected chi connectivity index (χ2v) is 6.77. The molecule has 0 amide bonds. The highest BCUT2D eigenvalue weighted by molar-refractivity contribution is 7.92. The molecule has 0 aliphatic heterocycles. The summed E-state index contributed by atoms with van der Waals surface area (Å²) in [5.41, 5.74) is 2.90. The topological polar surface area (TPSA) is 37.4 Å². The van der Waals surface area contributed by atoms with Gasteiger partial charge in [-0.2, -0.15) is 0 Å². The van der Waals surface area contributed by atoms with E-state index in [4.69, 9.17) is 0 Å². The lowest BCUT2D eigenvalue weighted by Gasteiger charge is -2.19. The number of hydrogen-bond acceptors (Lipinski definition) is 2. The lowest BCUT2D eigenvalue weighted by molar-refractivity contribution is 0.594. The van der Waals surface area contributed by atoms with E-state index in [1.54, 1.807) is 31.3 Å². The van der Waals surface area contributed by atoms with Gasteiger partial charge >= 0.3 is 0 Å². The maximum atomic E-state index is 12.5. The van der Waals surface area contributed by atoms with Crippen LogP contribution in [0.15, 0.2) is 53.4 Å². The molecule has 0 radical (unpaired) electrons. The minimum Gasteiger partial charge on any atom is -0.269 e. The zero-order valence-electron chi connectivity index (χ0n) is 12.0. The zero-order valence-corrected chi connectivity index (χ0v) is 12.8. The van der Waals surface area contributed by atoms with Crippen LogP contribution < -0.4 is 4.31 Å². The Kier molecular flexibility index (Phi) is 4.14. The van der Waals surface area contributed by atoms with Gasteiger partial charge in [-0.3, -0.25) is 4.31 Å². The summed E-state index contributed by atoms with van der Waals surface area (Å²) in [7, 11) is -1.92. The summed E-state index contributed by atoms with van der Waals surface area (Å²) in [6, 6.07) is 14.5. The lowest BCUT2D eigenvalue weighted by Crippen LogP contribution is -2.26. The third-order valence-corrected chi connectivity index (χ3v) is 5.19. The third kappa shape index (κ3) is 2.85. The molecule has 0 heterocycles. The van der Waals surface area contributed by atoms with Gasteiger partial charge in [0, 0.05) is 7.05 Å². The van der Waals surface area contributed by atoms with Gasteiger partial charge in [0.15, 0.2) is 0 Å². The highest BCUT2D eigenvalue weighted by Gasteiger charge is 2.20. The molecule has 0 spiro atoms. The van der Waals surface area contributed by atoms with Crippen molar-refractivity contribution in [3.05, 3.63) is 59.7 Å². The van der Waals surface area contributed by atoms with E-state index in [1.165, 1.54) is 9.87 Å². The Hall–Kier alpha value is -1.81. The summed E-state index contributed by atoms with van der Waals surface area (Å²) in [6.07, 6.45) is 0.939. The van der Waals surface area contributed by atoms with Crippen LogP contribution in [0.3, 0.4) is 0 Å². The summed E-state index contributed by atoms with van der Waals surface area (Å²) in [6.45, 7) is 4.01. The Morgan fingerprint density at radius 1 is 0.950 bits per heavy atom. The van der Waals surface area contributed by atoms with Crippen LogP contribution in [0.1, 0.15) is 18.1 Å². The van der Waals surface area contributed by atoms with Crippen molar-refractivity contribution in [3.8, 4) is 0 Å². The van der Waals surface area contributed by atoms with Gasteiger partial charge in [-0.15, -0.1) is 0 Å². The van der Waals surface area contributed by atoms with E-state index in [9.17, 15) is 8.42 Å². The summed E-state index contributed by atoms with van der Waals surface area (Å²) in [4.78, 5) is 0.310. The average molecular weight is 289 g/mol. The number of sulfonamides is 1. The van der Waals surface area contributed by atoms with Gasteiger partial charge in [-0.05, 0) is 43.2 Å². The summed E-state index contributed by atoms with van der Waals surface area (Å²) in [5.74, 6) is 0. The van der Waals surface area contributed by atoms with Crippen molar-refractivity contribution in [1.29, 1.82) is 0 Å². The van der Waals surface area contributed by atoms with Crippen LogP contribution in [0, 0.1) is 6.92 Å².